The maximum Gasteiger partial charge on any atom is 0.434 e. The van der Waals surface area contributed by atoms with E-state index in [1.54, 1.807) is 0 Å². The molecule has 1 fully saturated rings. The molecular weight excluding hydrogens is 410 g/mol. The van der Waals surface area contributed by atoms with E-state index in [1.165, 1.54) is 17.2 Å². The lowest BCUT2D eigenvalue weighted by Gasteiger charge is -2.34. The Labute approximate surface area is 159 Å². The maximum atomic E-state index is 13.2. The molecule has 1 aliphatic heterocycles. The molecule has 0 aliphatic carbocycles. The van der Waals surface area contributed by atoms with E-state index in [9.17, 15) is 31.1 Å². The monoisotopic (exact) mass is 424 g/mol. The van der Waals surface area contributed by atoms with Crippen LogP contribution in [-0.4, -0.2) is 29.0 Å². The molecule has 1 aliphatic rings. The number of carbonyl (C=O) groups excluding carboxylic acids is 1. The second kappa shape index (κ2) is 7.57. The smallest absolute Gasteiger partial charge is 0.355 e. The Hall–Kier alpha value is -2.37. The second-order valence-corrected chi connectivity index (χ2v) is 7.04. The number of hydrogen-bond donors (Lipinski definition) is 1. The van der Waals surface area contributed by atoms with E-state index < -0.39 is 35.4 Å². The number of hydrogen-bond acceptors (Lipinski definition) is 5. The van der Waals surface area contributed by atoms with Crippen LogP contribution in [0.5, 0.6) is 0 Å². The number of pyridine rings is 1. The molecule has 3 heterocycles. The molecule has 1 amide bonds. The summed E-state index contributed by atoms with van der Waals surface area (Å²) in [6, 6.07) is 2.10. The Morgan fingerprint density at radius 3 is 2.61 bits per heavy atom. The molecule has 1 N–H and O–H groups in total. The van der Waals surface area contributed by atoms with Crippen molar-refractivity contribution >= 4 is 28.2 Å². The average Bonchev–Trinajstić information content (AvgIpc) is 3.10. The Bertz CT molecular complexity index is 850. The number of anilines is 2. The number of thiazole rings is 1. The van der Waals surface area contributed by atoms with Crippen LogP contribution in [-0.2, 0) is 17.1 Å². The van der Waals surface area contributed by atoms with Crippen LogP contribution < -0.4 is 10.2 Å². The summed E-state index contributed by atoms with van der Waals surface area (Å²) >= 11 is 0.634. The molecule has 0 radical (unpaired) electrons. The minimum absolute atomic E-state index is 0.0244. The first-order chi connectivity index (χ1) is 13.1. The van der Waals surface area contributed by atoms with Crippen LogP contribution in [0.1, 0.15) is 24.1 Å². The third-order valence-electron chi connectivity index (χ3n) is 4.21. The Kier molecular flexibility index (Phi) is 5.50. The fraction of sp³-hybridized carbons (Fsp3) is 0.438. The molecule has 0 bridgehead atoms. The van der Waals surface area contributed by atoms with E-state index in [-0.39, 0.29) is 17.5 Å². The number of amides is 1. The number of nitrogens with one attached hydrogen (secondary N) is 1. The number of rotatable bonds is 3. The molecule has 0 spiro atoms. The molecule has 1 saturated heterocycles. The summed E-state index contributed by atoms with van der Waals surface area (Å²) in [5.41, 5.74) is -2.01. The van der Waals surface area contributed by atoms with Crippen molar-refractivity contribution in [1.29, 1.82) is 0 Å². The zero-order valence-electron chi connectivity index (χ0n) is 14.1. The zero-order chi connectivity index (χ0) is 20.5. The van der Waals surface area contributed by atoms with Crippen molar-refractivity contribution in [3.05, 3.63) is 35.0 Å². The van der Waals surface area contributed by atoms with Gasteiger partial charge in [-0.15, -0.1) is 11.3 Å². The number of halogens is 6. The summed E-state index contributed by atoms with van der Waals surface area (Å²) in [6.07, 6.45) is -7.13. The number of aromatic nitrogens is 2. The molecule has 5 nitrogen and oxygen atoms in total. The van der Waals surface area contributed by atoms with Gasteiger partial charge < -0.3 is 10.2 Å². The largest absolute Gasteiger partial charge is 0.434 e. The van der Waals surface area contributed by atoms with E-state index in [0.29, 0.717) is 30.7 Å². The SMILES string of the molecule is O=C(Nc1nc(C(F)(F)F)cs1)C1CCCN(c2ncccc2C(F)(F)F)C1. The first-order valence-corrected chi connectivity index (χ1v) is 9.04. The standard InChI is InChI=1S/C16H14F6N4OS/c17-15(18,19)10-4-1-5-23-12(10)26-6-2-3-9(7-26)13(27)25-14-24-11(8-28-14)16(20,21)22/h1,4-5,8-9H,2-3,6-7H2,(H,24,25,27). The molecule has 28 heavy (non-hydrogen) atoms. The van der Waals surface area contributed by atoms with Gasteiger partial charge in [-0.2, -0.15) is 26.3 Å². The number of piperidine rings is 1. The second-order valence-electron chi connectivity index (χ2n) is 6.18. The summed E-state index contributed by atoms with van der Waals surface area (Å²) < 4.78 is 77.4. The van der Waals surface area contributed by atoms with Crippen molar-refractivity contribution < 1.29 is 31.1 Å². The number of alkyl halides is 6. The number of nitrogens with zero attached hydrogens (tertiary/aromatic N) is 3. The minimum Gasteiger partial charge on any atom is -0.355 e. The Morgan fingerprint density at radius 1 is 1.21 bits per heavy atom. The molecule has 3 rings (SSSR count). The van der Waals surface area contributed by atoms with Crippen LogP contribution >= 0.6 is 11.3 Å². The van der Waals surface area contributed by atoms with E-state index in [1.807, 2.05) is 0 Å². The van der Waals surface area contributed by atoms with Gasteiger partial charge in [-0.1, -0.05) is 0 Å². The van der Waals surface area contributed by atoms with Crippen molar-refractivity contribution in [2.24, 2.45) is 5.92 Å². The van der Waals surface area contributed by atoms with Gasteiger partial charge >= 0.3 is 12.4 Å². The van der Waals surface area contributed by atoms with Gasteiger partial charge in [0.1, 0.15) is 5.82 Å². The molecule has 2 aromatic heterocycles. The highest BCUT2D eigenvalue weighted by atomic mass is 32.1. The van der Waals surface area contributed by atoms with E-state index in [0.717, 1.165) is 11.4 Å². The topological polar surface area (TPSA) is 58.1 Å². The lowest BCUT2D eigenvalue weighted by Crippen LogP contribution is -2.42. The minimum atomic E-state index is -4.62. The van der Waals surface area contributed by atoms with Crippen molar-refractivity contribution in [1.82, 2.24) is 9.97 Å². The van der Waals surface area contributed by atoms with Gasteiger partial charge in [0.2, 0.25) is 5.91 Å². The van der Waals surface area contributed by atoms with Gasteiger partial charge in [0.05, 0.1) is 11.5 Å². The van der Waals surface area contributed by atoms with Gasteiger partial charge in [0, 0.05) is 24.7 Å². The molecule has 2 aromatic rings. The third-order valence-corrected chi connectivity index (χ3v) is 4.97. The van der Waals surface area contributed by atoms with E-state index in [2.05, 4.69) is 15.3 Å². The van der Waals surface area contributed by atoms with E-state index >= 15 is 0 Å². The predicted molar refractivity (Wildman–Crippen MR) is 89.9 cm³/mol. The molecule has 0 aromatic carbocycles. The van der Waals surface area contributed by atoms with Crippen molar-refractivity contribution in [3.63, 3.8) is 0 Å². The van der Waals surface area contributed by atoms with Gasteiger partial charge in [0.25, 0.3) is 0 Å². The fourth-order valence-corrected chi connectivity index (χ4v) is 3.64. The lowest BCUT2D eigenvalue weighted by molar-refractivity contribution is -0.140. The van der Waals surface area contributed by atoms with E-state index in [4.69, 9.17) is 0 Å². The summed E-state index contributed by atoms with van der Waals surface area (Å²) in [6.45, 7) is 0.267. The lowest BCUT2D eigenvalue weighted by atomic mass is 9.97. The van der Waals surface area contributed by atoms with Gasteiger partial charge in [-0.05, 0) is 25.0 Å². The quantitative estimate of drug-likeness (QED) is 0.741. The average molecular weight is 424 g/mol. The highest BCUT2D eigenvalue weighted by Crippen LogP contribution is 2.37. The van der Waals surface area contributed by atoms with Gasteiger partial charge in [0.15, 0.2) is 10.8 Å². The molecule has 152 valence electrons. The van der Waals surface area contributed by atoms with Crippen molar-refractivity contribution in [2.75, 3.05) is 23.3 Å². The van der Waals surface area contributed by atoms with Crippen LogP contribution in [0.15, 0.2) is 23.7 Å². The van der Waals surface area contributed by atoms with Crippen LogP contribution in [0.2, 0.25) is 0 Å². The molecular formula is C16H14F6N4OS. The van der Waals surface area contributed by atoms with Crippen molar-refractivity contribution in [2.45, 2.75) is 25.2 Å². The summed E-state index contributed by atoms with van der Waals surface area (Å²) in [4.78, 5) is 20.9. The highest BCUT2D eigenvalue weighted by molar-refractivity contribution is 7.13. The zero-order valence-corrected chi connectivity index (χ0v) is 15.0. The predicted octanol–water partition coefficient (Wildman–Crippen LogP) is 4.43. The van der Waals surface area contributed by atoms with Crippen LogP contribution in [0.4, 0.5) is 37.3 Å². The summed E-state index contributed by atoms with van der Waals surface area (Å²) in [5, 5.41) is 2.90. The van der Waals surface area contributed by atoms with Crippen molar-refractivity contribution in [3.8, 4) is 0 Å². The summed E-state index contributed by atoms with van der Waals surface area (Å²) in [5.74, 6) is -1.55. The Morgan fingerprint density at radius 2 is 1.96 bits per heavy atom. The Balaban J connectivity index is 1.72. The first kappa shape index (κ1) is 20.4. The van der Waals surface area contributed by atoms with Gasteiger partial charge in [-0.3, -0.25) is 4.79 Å². The third kappa shape index (κ3) is 4.54. The normalized spacial score (nSPS) is 18.2. The first-order valence-electron chi connectivity index (χ1n) is 8.16. The molecule has 1 unspecified atom stereocenters. The molecule has 12 heteroatoms. The van der Waals surface area contributed by atoms with Crippen LogP contribution in [0.25, 0.3) is 0 Å². The maximum absolute atomic E-state index is 13.2. The highest BCUT2D eigenvalue weighted by Gasteiger charge is 2.38. The summed E-state index contributed by atoms with van der Waals surface area (Å²) in [7, 11) is 0. The van der Waals surface area contributed by atoms with Gasteiger partial charge in [-0.25, -0.2) is 9.97 Å². The van der Waals surface area contributed by atoms with Crippen LogP contribution in [0.3, 0.4) is 0 Å². The fourth-order valence-electron chi connectivity index (χ4n) is 2.92. The molecule has 1 atom stereocenters. The number of carbonyl (C=O) groups is 1. The molecule has 0 saturated carbocycles. The van der Waals surface area contributed by atoms with Crippen LogP contribution in [0, 0.1) is 5.92 Å².